The Bertz CT molecular complexity index is 970. The highest BCUT2D eigenvalue weighted by Crippen LogP contribution is 2.40. The van der Waals surface area contributed by atoms with Crippen LogP contribution in [0, 0.1) is 12.8 Å². The minimum atomic E-state index is -0.499. The normalized spacial score (nSPS) is 12.5. The fourth-order valence-electron chi connectivity index (χ4n) is 4.11. The number of ether oxygens (including phenoxy) is 2. The van der Waals surface area contributed by atoms with Crippen LogP contribution >= 0.6 is 0 Å². The predicted octanol–water partition coefficient (Wildman–Crippen LogP) is 7.55. The van der Waals surface area contributed by atoms with Crippen LogP contribution in [0.5, 0.6) is 5.75 Å². The first-order valence-corrected chi connectivity index (χ1v) is 12.7. The number of hydrogen-bond acceptors (Lipinski definition) is 4. The van der Waals surface area contributed by atoms with E-state index < -0.39 is 11.9 Å². The topological polar surface area (TPSA) is 52.6 Å². The molecule has 0 amide bonds. The second-order valence-electron chi connectivity index (χ2n) is 10.2. The summed E-state index contributed by atoms with van der Waals surface area (Å²) in [5, 5.41) is 0. The Balaban J connectivity index is 2.58. The Morgan fingerprint density at radius 2 is 1.65 bits per heavy atom. The lowest BCUT2D eigenvalue weighted by Gasteiger charge is -2.28. The average Bonchev–Trinajstić information content (AvgIpc) is 2.79. The first-order valence-electron chi connectivity index (χ1n) is 12.7. The predicted molar refractivity (Wildman–Crippen MR) is 139 cm³/mol. The molecule has 0 bridgehead atoms. The first-order chi connectivity index (χ1) is 16.0. The standard InChI is InChI=1S/C30H42O4/c1-9-12-22-13-15-23(16-14-22)28(31)34-27-21(6)18-24(30(7,8)10-2)19-25(27)26(17-20(4)5)29(32)33-11-3/h13-16,18-20,26H,9-12,17H2,1-8H3. The van der Waals surface area contributed by atoms with Gasteiger partial charge in [0.05, 0.1) is 18.1 Å². The largest absolute Gasteiger partial charge is 0.466 e. The van der Waals surface area contributed by atoms with E-state index in [0.29, 0.717) is 24.3 Å². The molecule has 4 nitrogen and oxygen atoms in total. The summed E-state index contributed by atoms with van der Waals surface area (Å²) in [6.07, 6.45) is 3.59. The molecule has 0 N–H and O–H groups in total. The Morgan fingerprint density at radius 1 is 1.00 bits per heavy atom. The van der Waals surface area contributed by atoms with Gasteiger partial charge in [-0.3, -0.25) is 4.79 Å². The van der Waals surface area contributed by atoms with Crippen molar-refractivity contribution in [3.8, 4) is 5.75 Å². The molecule has 0 spiro atoms. The number of hydrogen-bond donors (Lipinski definition) is 0. The minimum Gasteiger partial charge on any atom is -0.466 e. The van der Waals surface area contributed by atoms with Gasteiger partial charge in [-0.25, -0.2) is 4.79 Å². The van der Waals surface area contributed by atoms with Crippen LogP contribution in [0.3, 0.4) is 0 Å². The van der Waals surface area contributed by atoms with E-state index in [0.717, 1.165) is 36.0 Å². The van der Waals surface area contributed by atoms with Gasteiger partial charge in [-0.2, -0.15) is 0 Å². The summed E-state index contributed by atoms with van der Waals surface area (Å²) >= 11 is 0. The van der Waals surface area contributed by atoms with Crippen LogP contribution in [0.15, 0.2) is 36.4 Å². The Kier molecular flexibility index (Phi) is 9.90. The number of carbonyl (C=O) groups is 2. The molecule has 0 saturated heterocycles. The maximum atomic E-state index is 13.1. The summed E-state index contributed by atoms with van der Waals surface area (Å²) in [6.45, 7) is 16.9. The van der Waals surface area contributed by atoms with Gasteiger partial charge >= 0.3 is 11.9 Å². The van der Waals surface area contributed by atoms with E-state index in [1.165, 1.54) is 5.56 Å². The molecule has 0 saturated carbocycles. The van der Waals surface area contributed by atoms with Gasteiger partial charge < -0.3 is 9.47 Å². The fraction of sp³-hybridized carbons (Fsp3) is 0.533. The fourth-order valence-corrected chi connectivity index (χ4v) is 4.11. The molecule has 0 fully saturated rings. The molecule has 0 aliphatic rings. The van der Waals surface area contributed by atoms with Gasteiger partial charge in [-0.1, -0.05) is 72.2 Å². The highest BCUT2D eigenvalue weighted by atomic mass is 16.5. The van der Waals surface area contributed by atoms with Crippen LogP contribution in [0.4, 0.5) is 0 Å². The highest BCUT2D eigenvalue weighted by Gasteiger charge is 2.31. The van der Waals surface area contributed by atoms with Crippen molar-refractivity contribution < 1.29 is 19.1 Å². The van der Waals surface area contributed by atoms with Crippen LogP contribution in [0.2, 0.25) is 0 Å². The maximum absolute atomic E-state index is 13.1. The van der Waals surface area contributed by atoms with Gasteiger partial charge in [0, 0.05) is 5.56 Å². The van der Waals surface area contributed by atoms with E-state index in [1.54, 1.807) is 0 Å². The van der Waals surface area contributed by atoms with Crippen molar-refractivity contribution >= 4 is 11.9 Å². The molecule has 0 heterocycles. The van der Waals surface area contributed by atoms with Gasteiger partial charge in [0.2, 0.25) is 0 Å². The third-order valence-electron chi connectivity index (χ3n) is 6.55. The van der Waals surface area contributed by atoms with Crippen molar-refractivity contribution in [3.05, 3.63) is 64.2 Å². The lowest BCUT2D eigenvalue weighted by Crippen LogP contribution is -2.22. The van der Waals surface area contributed by atoms with Crippen molar-refractivity contribution in [1.29, 1.82) is 0 Å². The lowest BCUT2D eigenvalue weighted by atomic mass is 9.78. The molecule has 0 aliphatic heterocycles. The summed E-state index contributed by atoms with van der Waals surface area (Å²) in [5.41, 5.74) is 4.34. The van der Waals surface area contributed by atoms with Crippen molar-refractivity contribution in [2.75, 3.05) is 6.61 Å². The zero-order valence-corrected chi connectivity index (χ0v) is 22.3. The van der Waals surface area contributed by atoms with Crippen molar-refractivity contribution in [3.63, 3.8) is 0 Å². The van der Waals surface area contributed by atoms with Crippen LogP contribution in [-0.4, -0.2) is 18.5 Å². The molecule has 2 aromatic carbocycles. The Morgan fingerprint density at radius 3 is 2.18 bits per heavy atom. The van der Waals surface area contributed by atoms with Crippen molar-refractivity contribution in [1.82, 2.24) is 0 Å². The molecule has 0 aliphatic carbocycles. The van der Waals surface area contributed by atoms with E-state index in [2.05, 4.69) is 47.6 Å². The third kappa shape index (κ3) is 6.94. The smallest absolute Gasteiger partial charge is 0.343 e. The van der Waals surface area contributed by atoms with Crippen LogP contribution < -0.4 is 4.74 Å². The molecule has 2 rings (SSSR count). The number of rotatable bonds is 11. The van der Waals surface area contributed by atoms with Crippen molar-refractivity contribution in [2.24, 2.45) is 5.92 Å². The molecule has 34 heavy (non-hydrogen) atoms. The van der Waals surface area contributed by atoms with E-state index in [-0.39, 0.29) is 17.3 Å². The van der Waals surface area contributed by atoms with Gasteiger partial charge in [-0.05, 0) is 73.3 Å². The quantitative estimate of drug-likeness (QED) is 0.253. The summed E-state index contributed by atoms with van der Waals surface area (Å²) in [7, 11) is 0. The molecule has 0 aromatic heterocycles. The monoisotopic (exact) mass is 466 g/mol. The van der Waals surface area contributed by atoms with E-state index >= 15 is 0 Å². The number of benzene rings is 2. The molecule has 1 atom stereocenters. The third-order valence-corrected chi connectivity index (χ3v) is 6.55. The summed E-state index contributed by atoms with van der Waals surface area (Å²) in [5.74, 6) is -0.449. The first kappa shape index (κ1) is 27.6. The number of carbonyl (C=O) groups excluding carboxylic acids is 2. The van der Waals surface area contributed by atoms with Crippen LogP contribution in [0.25, 0.3) is 0 Å². The van der Waals surface area contributed by atoms with E-state index in [1.807, 2.05) is 44.2 Å². The molecular formula is C30H42O4. The summed E-state index contributed by atoms with van der Waals surface area (Å²) in [4.78, 5) is 26.2. The van der Waals surface area contributed by atoms with Gasteiger partial charge in [0.15, 0.2) is 0 Å². The minimum absolute atomic E-state index is 0.0752. The second kappa shape index (κ2) is 12.2. The molecule has 0 radical (unpaired) electrons. The van der Waals surface area contributed by atoms with Crippen LogP contribution in [-0.2, 0) is 21.4 Å². The Labute approximate surface area is 206 Å². The maximum Gasteiger partial charge on any atom is 0.343 e. The average molecular weight is 467 g/mol. The van der Waals surface area contributed by atoms with Crippen LogP contribution in [0.1, 0.15) is 106 Å². The second-order valence-corrected chi connectivity index (χ2v) is 10.2. The van der Waals surface area contributed by atoms with Crippen molar-refractivity contribution in [2.45, 2.75) is 92.4 Å². The SMILES string of the molecule is CCCc1ccc(C(=O)Oc2c(C)cc(C(C)(C)CC)cc2C(CC(C)C)C(=O)OCC)cc1. The number of esters is 2. The van der Waals surface area contributed by atoms with E-state index in [4.69, 9.17) is 9.47 Å². The summed E-state index contributed by atoms with van der Waals surface area (Å²) < 4.78 is 11.5. The zero-order chi connectivity index (χ0) is 25.5. The zero-order valence-electron chi connectivity index (χ0n) is 22.3. The summed E-state index contributed by atoms with van der Waals surface area (Å²) in [6, 6.07) is 11.7. The lowest BCUT2D eigenvalue weighted by molar-refractivity contribution is -0.145. The molecular weight excluding hydrogens is 424 g/mol. The molecule has 1 unspecified atom stereocenters. The van der Waals surface area contributed by atoms with Gasteiger partial charge in [0.25, 0.3) is 0 Å². The number of aryl methyl sites for hydroxylation is 2. The van der Waals surface area contributed by atoms with Gasteiger partial charge in [-0.15, -0.1) is 0 Å². The Hall–Kier alpha value is -2.62. The molecule has 186 valence electrons. The van der Waals surface area contributed by atoms with E-state index in [9.17, 15) is 9.59 Å². The molecule has 2 aromatic rings. The van der Waals surface area contributed by atoms with Gasteiger partial charge in [0.1, 0.15) is 5.75 Å². The highest BCUT2D eigenvalue weighted by molar-refractivity contribution is 5.92. The molecule has 4 heteroatoms.